The number of alkyl halides is 1. The molecule has 0 saturated carbocycles. The number of halogens is 2. The van der Waals surface area contributed by atoms with Gasteiger partial charge < -0.3 is 5.11 Å². The summed E-state index contributed by atoms with van der Waals surface area (Å²) in [7, 11) is 0. The molecule has 0 aromatic heterocycles. The van der Waals surface area contributed by atoms with E-state index in [1.807, 2.05) is 0 Å². The largest absolute Gasteiger partial charge is 0.389 e. The van der Waals surface area contributed by atoms with Crippen molar-refractivity contribution in [3.8, 4) is 0 Å². The first-order valence-electron chi connectivity index (χ1n) is 3.69. The van der Waals surface area contributed by atoms with Crippen molar-refractivity contribution in [3.05, 3.63) is 35.7 Å². The van der Waals surface area contributed by atoms with Crippen LogP contribution in [0.1, 0.15) is 6.92 Å². The minimum atomic E-state index is -0.760. The molecule has 0 aromatic rings. The van der Waals surface area contributed by atoms with E-state index < -0.39 is 6.10 Å². The summed E-state index contributed by atoms with van der Waals surface area (Å²) in [5.41, 5.74) is 0.327. The van der Waals surface area contributed by atoms with Crippen LogP contribution in [0.25, 0.3) is 0 Å². The molecule has 0 aliphatic heterocycles. The minimum absolute atomic E-state index is 0.0412. The summed E-state index contributed by atoms with van der Waals surface area (Å²) >= 11 is 3.29. The van der Waals surface area contributed by atoms with Crippen molar-refractivity contribution in [1.29, 1.82) is 0 Å². The third-order valence-corrected chi connectivity index (χ3v) is 2.22. The van der Waals surface area contributed by atoms with Gasteiger partial charge in [0.15, 0.2) is 0 Å². The lowest BCUT2D eigenvalue weighted by molar-refractivity contribution is 0.232. The lowest BCUT2D eigenvalue weighted by Crippen LogP contribution is -2.03. The van der Waals surface area contributed by atoms with Crippen molar-refractivity contribution >= 4 is 15.9 Å². The van der Waals surface area contributed by atoms with E-state index >= 15 is 0 Å². The average molecular weight is 233 g/mol. The zero-order valence-corrected chi connectivity index (χ0v) is 8.25. The van der Waals surface area contributed by atoms with Crippen LogP contribution in [-0.4, -0.2) is 16.0 Å². The lowest BCUT2D eigenvalue weighted by atomic mass is 10.1. The van der Waals surface area contributed by atoms with Crippen LogP contribution in [0.4, 0.5) is 4.39 Å². The fourth-order valence-corrected chi connectivity index (χ4v) is 1.26. The molecule has 1 rings (SSSR count). The Hall–Kier alpha value is -0.410. The highest BCUT2D eigenvalue weighted by atomic mass is 79.9. The summed E-state index contributed by atoms with van der Waals surface area (Å²) in [6.45, 7) is 1.54. The molecule has 2 atom stereocenters. The van der Waals surface area contributed by atoms with Crippen molar-refractivity contribution in [2.24, 2.45) is 0 Å². The van der Waals surface area contributed by atoms with Crippen LogP contribution in [0, 0.1) is 0 Å². The Labute approximate surface area is 79.4 Å². The predicted octanol–water partition coefficient (Wildman–Crippen LogP) is 2.48. The van der Waals surface area contributed by atoms with Crippen LogP contribution in [0.5, 0.6) is 0 Å². The van der Waals surface area contributed by atoms with E-state index in [1.165, 1.54) is 6.08 Å². The molecular weight excluding hydrogens is 223 g/mol. The fourth-order valence-electron chi connectivity index (χ4n) is 0.951. The normalized spacial score (nSPS) is 25.8. The van der Waals surface area contributed by atoms with Crippen LogP contribution in [-0.2, 0) is 0 Å². The van der Waals surface area contributed by atoms with E-state index in [4.69, 9.17) is 5.11 Å². The highest BCUT2D eigenvalue weighted by molar-refractivity contribution is 9.09. The van der Waals surface area contributed by atoms with Gasteiger partial charge in [-0.15, -0.1) is 0 Å². The average Bonchev–Trinajstić information content (AvgIpc) is 2.14. The molecule has 0 spiro atoms. The number of allylic oxidation sites excluding steroid dienone is 4. The highest BCUT2D eigenvalue weighted by Gasteiger charge is 2.10. The molecule has 0 saturated heterocycles. The smallest absolute Gasteiger partial charge is 0.128 e. The van der Waals surface area contributed by atoms with Crippen molar-refractivity contribution in [1.82, 2.24) is 0 Å². The second kappa shape index (κ2) is 4.01. The van der Waals surface area contributed by atoms with Gasteiger partial charge in [0.1, 0.15) is 5.83 Å². The maximum absolute atomic E-state index is 13.1. The number of aliphatic hydroxyl groups is 1. The van der Waals surface area contributed by atoms with E-state index in [0.29, 0.717) is 5.57 Å². The monoisotopic (exact) mass is 232 g/mol. The summed E-state index contributed by atoms with van der Waals surface area (Å²) in [4.78, 5) is 0.0412. The molecule has 0 aromatic carbocycles. The summed E-state index contributed by atoms with van der Waals surface area (Å²) in [5, 5.41) is 9.16. The van der Waals surface area contributed by atoms with E-state index in [2.05, 4.69) is 15.9 Å². The van der Waals surface area contributed by atoms with Gasteiger partial charge >= 0.3 is 0 Å². The first-order valence-corrected chi connectivity index (χ1v) is 4.61. The molecule has 0 bridgehead atoms. The standard InChI is InChI=1S/C9H10BrFO/c1-6(12)8-4-2-7(10)3-5-9(8)11/h2-7,12H,1H3. The molecule has 66 valence electrons. The molecule has 1 N–H and O–H groups in total. The third-order valence-electron chi connectivity index (χ3n) is 1.61. The summed E-state index contributed by atoms with van der Waals surface area (Å²) in [6.07, 6.45) is 5.66. The Balaban J connectivity index is 2.96. The van der Waals surface area contributed by atoms with Crippen molar-refractivity contribution in [2.75, 3.05) is 0 Å². The number of hydrogen-bond acceptors (Lipinski definition) is 1. The van der Waals surface area contributed by atoms with Gasteiger partial charge in [-0.05, 0) is 13.0 Å². The lowest BCUT2D eigenvalue weighted by Gasteiger charge is -2.04. The van der Waals surface area contributed by atoms with Crippen LogP contribution in [0.3, 0.4) is 0 Å². The summed E-state index contributed by atoms with van der Waals surface area (Å²) in [6, 6.07) is 0. The molecule has 0 heterocycles. The Morgan fingerprint density at radius 2 is 2.08 bits per heavy atom. The van der Waals surface area contributed by atoms with Gasteiger partial charge in [-0.1, -0.05) is 34.2 Å². The number of aliphatic hydroxyl groups excluding tert-OH is 1. The van der Waals surface area contributed by atoms with Gasteiger partial charge in [-0.3, -0.25) is 0 Å². The van der Waals surface area contributed by atoms with Crippen LogP contribution < -0.4 is 0 Å². The van der Waals surface area contributed by atoms with Gasteiger partial charge in [0.05, 0.1) is 10.9 Å². The van der Waals surface area contributed by atoms with Crippen molar-refractivity contribution in [2.45, 2.75) is 17.9 Å². The molecule has 3 heteroatoms. The highest BCUT2D eigenvalue weighted by Crippen LogP contribution is 2.19. The molecule has 0 radical (unpaired) electrons. The number of rotatable bonds is 1. The second-order valence-electron chi connectivity index (χ2n) is 2.64. The SMILES string of the molecule is CC(O)C1=C(F)C=CC(Br)C=C1. The van der Waals surface area contributed by atoms with Crippen LogP contribution in [0.2, 0.25) is 0 Å². The van der Waals surface area contributed by atoms with Gasteiger partial charge in [-0.25, -0.2) is 4.39 Å². The molecule has 0 amide bonds. The Morgan fingerprint density at radius 3 is 2.67 bits per heavy atom. The fraction of sp³-hybridized carbons (Fsp3) is 0.333. The topological polar surface area (TPSA) is 20.2 Å². The molecule has 2 unspecified atom stereocenters. The van der Waals surface area contributed by atoms with E-state index in [-0.39, 0.29) is 10.7 Å². The van der Waals surface area contributed by atoms with Gasteiger partial charge in [-0.2, -0.15) is 0 Å². The van der Waals surface area contributed by atoms with Gasteiger partial charge in [0, 0.05) is 5.57 Å². The quantitative estimate of drug-likeness (QED) is 0.690. The van der Waals surface area contributed by atoms with E-state index in [9.17, 15) is 4.39 Å². The van der Waals surface area contributed by atoms with Crippen LogP contribution >= 0.6 is 15.9 Å². The predicted molar refractivity (Wildman–Crippen MR) is 50.8 cm³/mol. The van der Waals surface area contributed by atoms with Crippen molar-refractivity contribution < 1.29 is 9.50 Å². The molecule has 0 fully saturated rings. The molecule has 12 heavy (non-hydrogen) atoms. The minimum Gasteiger partial charge on any atom is -0.389 e. The molecular formula is C9H10BrFO. The zero-order valence-electron chi connectivity index (χ0n) is 6.67. The second-order valence-corrected chi connectivity index (χ2v) is 3.70. The zero-order chi connectivity index (χ0) is 9.14. The Bertz CT molecular complexity index is 253. The van der Waals surface area contributed by atoms with Gasteiger partial charge in [0.25, 0.3) is 0 Å². The first-order chi connectivity index (χ1) is 5.61. The maximum Gasteiger partial charge on any atom is 0.128 e. The van der Waals surface area contributed by atoms with Crippen molar-refractivity contribution in [3.63, 3.8) is 0 Å². The van der Waals surface area contributed by atoms with E-state index in [1.54, 1.807) is 25.2 Å². The summed E-state index contributed by atoms with van der Waals surface area (Å²) < 4.78 is 13.1. The Morgan fingerprint density at radius 1 is 1.50 bits per heavy atom. The van der Waals surface area contributed by atoms with Gasteiger partial charge in [0.2, 0.25) is 0 Å². The molecule has 1 aliphatic rings. The Kier molecular flexibility index (Phi) is 3.23. The third kappa shape index (κ3) is 2.29. The van der Waals surface area contributed by atoms with Crippen LogP contribution in [0.15, 0.2) is 35.7 Å². The summed E-state index contributed by atoms with van der Waals surface area (Å²) in [5.74, 6) is -0.372. The number of hydrogen-bond donors (Lipinski definition) is 1. The maximum atomic E-state index is 13.1. The first kappa shape index (κ1) is 9.68. The molecule has 1 aliphatic carbocycles. The molecule has 1 nitrogen and oxygen atoms in total. The van der Waals surface area contributed by atoms with E-state index in [0.717, 1.165) is 0 Å².